The van der Waals surface area contributed by atoms with Crippen molar-refractivity contribution in [2.45, 2.75) is 33.7 Å². The Hall–Kier alpha value is -1.03. The second-order valence-corrected chi connectivity index (χ2v) is 3.42. The lowest BCUT2D eigenvalue weighted by molar-refractivity contribution is 0.124. The first-order valence-corrected chi connectivity index (χ1v) is 5.04. The molecule has 0 saturated carbocycles. The molecular weight excluding hydrogens is 178 g/mol. The summed E-state index contributed by atoms with van der Waals surface area (Å²) in [5.41, 5.74) is 8.53. The largest absolute Gasteiger partial charge is 0.396 e. The summed E-state index contributed by atoms with van der Waals surface area (Å²) in [6.45, 7) is 8.30. The third kappa shape index (κ3) is 2.48. The van der Waals surface area contributed by atoms with Crippen molar-refractivity contribution in [1.29, 1.82) is 0 Å². The van der Waals surface area contributed by atoms with E-state index in [1.165, 1.54) is 0 Å². The van der Waals surface area contributed by atoms with Gasteiger partial charge in [-0.05, 0) is 20.3 Å². The summed E-state index contributed by atoms with van der Waals surface area (Å²) in [6.07, 6.45) is 1.05. The van der Waals surface area contributed by atoms with Crippen molar-refractivity contribution in [3.8, 4) is 0 Å². The molecule has 0 bridgehead atoms. The highest BCUT2D eigenvalue weighted by Gasteiger charge is 2.06. The molecule has 0 fully saturated rings. The van der Waals surface area contributed by atoms with Gasteiger partial charge in [-0.3, -0.25) is 4.68 Å². The van der Waals surface area contributed by atoms with Crippen LogP contribution in [0.25, 0.3) is 0 Å². The Labute approximate surface area is 85.0 Å². The van der Waals surface area contributed by atoms with Gasteiger partial charge in [0.05, 0.1) is 30.2 Å². The predicted molar refractivity (Wildman–Crippen MR) is 57.2 cm³/mol. The van der Waals surface area contributed by atoms with Crippen molar-refractivity contribution in [3.63, 3.8) is 0 Å². The predicted octanol–water partition coefficient (Wildman–Crippen LogP) is 1.51. The number of hydrogen-bond donors (Lipinski definition) is 1. The van der Waals surface area contributed by atoms with Crippen LogP contribution in [0.1, 0.15) is 24.7 Å². The van der Waals surface area contributed by atoms with Crippen LogP contribution in [0.3, 0.4) is 0 Å². The molecule has 0 aromatic carbocycles. The molecule has 0 aliphatic rings. The molecule has 0 unspecified atom stereocenters. The summed E-state index contributed by atoms with van der Waals surface area (Å²) in [7, 11) is 0. The van der Waals surface area contributed by atoms with Gasteiger partial charge in [0.15, 0.2) is 0 Å². The zero-order chi connectivity index (χ0) is 10.6. The van der Waals surface area contributed by atoms with E-state index in [0.717, 1.165) is 36.6 Å². The van der Waals surface area contributed by atoms with Gasteiger partial charge in [-0.25, -0.2) is 0 Å². The van der Waals surface area contributed by atoms with Crippen LogP contribution in [0.2, 0.25) is 0 Å². The van der Waals surface area contributed by atoms with Gasteiger partial charge in [-0.15, -0.1) is 0 Å². The molecule has 0 atom stereocenters. The average Bonchev–Trinajstić information content (AvgIpc) is 2.41. The van der Waals surface area contributed by atoms with Gasteiger partial charge in [0.25, 0.3) is 0 Å². The fourth-order valence-corrected chi connectivity index (χ4v) is 1.33. The summed E-state index contributed by atoms with van der Waals surface area (Å²) < 4.78 is 7.29. The van der Waals surface area contributed by atoms with Gasteiger partial charge in [0.1, 0.15) is 0 Å². The molecule has 80 valence electrons. The molecule has 14 heavy (non-hydrogen) atoms. The molecule has 0 amide bonds. The van der Waals surface area contributed by atoms with Gasteiger partial charge < -0.3 is 10.5 Å². The van der Waals surface area contributed by atoms with E-state index in [9.17, 15) is 0 Å². The van der Waals surface area contributed by atoms with Crippen LogP contribution in [-0.2, 0) is 11.3 Å². The number of ether oxygens (including phenoxy) is 1. The summed E-state index contributed by atoms with van der Waals surface area (Å²) >= 11 is 0. The van der Waals surface area contributed by atoms with E-state index in [4.69, 9.17) is 10.5 Å². The Morgan fingerprint density at radius 2 is 2.07 bits per heavy atom. The lowest BCUT2D eigenvalue weighted by Gasteiger charge is -2.04. The summed E-state index contributed by atoms with van der Waals surface area (Å²) in [4.78, 5) is 0. The molecule has 2 N–H and O–H groups in total. The standard InChI is InChI=1S/C10H19N3O/c1-4-6-14-7-5-13-9(3)10(11)8(2)12-13/h4-7,11H2,1-3H3. The van der Waals surface area contributed by atoms with Crippen LogP contribution in [0.15, 0.2) is 0 Å². The zero-order valence-corrected chi connectivity index (χ0v) is 9.21. The molecule has 0 aliphatic heterocycles. The normalized spacial score (nSPS) is 10.8. The Bertz CT molecular complexity index is 294. The molecule has 4 heteroatoms. The first kappa shape index (κ1) is 11.0. The monoisotopic (exact) mass is 197 g/mol. The highest BCUT2D eigenvalue weighted by Crippen LogP contribution is 2.14. The van der Waals surface area contributed by atoms with Crippen molar-refractivity contribution in [2.24, 2.45) is 0 Å². The van der Waals surface area contributed by atoms with Crippen molar-refractivity contribution in [2.75, 3.05) is 18.9 Å². The first-order valence-electron chi connectivity index (χ1n) is 5.04. The maximum atomic E-state index is 5.81. The number of aryl methyl sites for hydroxylation is 1. The number of aromatic nitrogens is 2. The smallest absolute Gasteiger partial charge is 0.0825 e. The van der Waals surface area contributed by atoms with E-state index in [-0.39, 0.29) is 0 Å². The van der Waals surface area contributed by atoms with Crippen LogP contribution in [0, 0.1) is 13.8 Å². The van der Waals surface area contributed by atoms with Gasteiger partial charge in [0, 0.05) is 6.61 Å². The minimum absolute atomic E-state index is 0.704. The Kier molecular flexibility index (Phi) is 3.95. The van der Waals surface area contributed by atoms with Crippen LogP contribution in [0.4, 0.5) is 5.69 Å². The Morgan fingerprint density at radius 3 is 2.57 bits per heavy atom. The highest BCUT2D eigenvalue weighted by atomic mass is 16.5. The summed E-state index contributed by atoms with van der Waals surface area (Å²) in [6, 6.07) is 0. The van der Waals surface area contributed by atoms with Gasteiger partial charge in [0.2, 0.25) is 0 Å². The second kappa shape index (κ2) is 5.00. The lowest BCUT2D eigenvalue weighted by Crippen LogP contribution is -2.09. The lowest BCUT2D eigenvalue weighted by atomic mass is 10.3. The Morgan fingerprint density at radius 1 is 1.36 bits per heavy atom. The molecule has 0 radical (unpaired) electrons. The van der Waals surface area contributed by atoms with Gasteiger partial charge >= 0.3 is 0 Å². The van der Waals surface area contributed by atoms with E-state index in [0.29, 0.717) is 6.61 Å². The maximum absolute atomic E-state index is 5.81. The molecule has 0 saturated heterocycles. The van der Waals surface area contributed by atoms with E-state index in [1.807, 2.05) is 18.5 Å². The number of anilines is 1. The fraction of sp³-hybridized carbons (Fsp3) is 0.700. The van der Waals surface area contributed by atoms with Gasteiger partial charge in [-0.1, -0.05) is 6.92 Å². The quantitative estimate of drug-likeness (QED) is 0.728. The maximum Gasteiger partial charge on any atom is 0.0825 e. The molecule has 1 aromatic rings. The molecule has 1 aromatic heterocycles. The van der Waals surface area contributed by atoms with Gasteiger partial charge in [-0.2, -0.15) is 5.10 Å². The number of nitrogen functional groups attached to an aromatic ring is 1. The summed E-state index contributed by atoms with van der Waals surface area (Å²) in [5.74, 6) is 0. The number of rotatable bonds is 5. The zero-order valence-electron chi connectivity index (χ0n) is 9.21. The first-order chi connectivity index (χ1) is 6.66. The van der Waals surface area contributed by atoms with Crippen LogP contribution >= 0.6 is 0 Å². The summed E-state index contributed by atoms with van der Waals surface area (Å²) in [5, 5.41) is 4.32. The van der Waals surface area contributed by atoms with E-state index < -0.39 is 0 Å². The van der Waals surface area contributed by atoms with Crippen LogP contribution < -0.4 is 5.73 Å². The van der Waals surface area contributed by atoms with Crippen molar-refractivity contribution >= 4 is 5.69 Å². The van der Waals surface area contributed by atoms with E-state index >= 15 is 0 Å². The second-order valence-electron chi connectivity index (χ2n) is 3.42. The Balaban J connectivity index is 2.47. The van der Waals surface area contributed by atoms with E-state index in [2.05, 4.69) is 12.0 Å². The third-order valence-corrected chi connectivity index (χ3v) is 2.23. The minimum atomic E-state index is 0.704. The van der Waals surface area contributed by atoms with Crippen molar-refractivity contribution < 1.29 is 4.74 Å². The average molecular weight is 197 g/mol. The fourth-order valence-electron chi connectivity index (χ4n) is 1.33. The van der Waals surface area contributed by atoms with Crippen molar-refractivity contribution in [3.05, 3.63) is 11.4 Å². The molecule has 4 nitrogen and oxygen atoms in total. The van der Waals surface area contributed by atoms with Crippen molar-refractivity contribution in [1.82, 2.24) is 9.78 Å². The highest BCUT2D eigenvalue weighted by molar-refractivity contribution is 5.46. The molecule has 0 spiro atoms. The SMILES string of the molecule is CCCOCCn1nc(C)c(N)c1C. The molecule has 1 rings (SSSR count). The topological polar surface area (TPSA) is 53.1 Å². The number of nitrogens with two attached hydrogens (primary N) is 1. The van der Waals surface area contributed by atoms with Crippen LogP contribution in [-0.4, -0.2) is 23.0 Å². The van der Waals surface area contributed by atoms with E-state index in [1.54, 1.807) is 0 Å². The molecule has 1 heterocycles. The number of hydrogen-bond acceptors (Lipinski definition) is 3. The van der Waals surface area contributed by atoms with Crippen LogP contribution in [0.5, 0.6) is 0 Å². The minimum Gasteiger partial charge on any atom is -0.396 e. The third-order valence-electron chi connectivity index (χ3n) is 2.23. The molecule has 0 aliphatic carbocycles. The molecular formula is C10H19N3O. The number of nitrogens with zero attached hydrogens (tertiary/aromatic N) is 2.